The number of aliphatic imine (C=N–C) groups is 1. The first-order chi connectivity index (χ1) is 14.8. The number of rotatable bonds is 8. The van der Waals surface area contributed by atoms with Gasteiger partial charge in [0.2, 0.25) is 0 Å². The molecule has 0 aliphatic carbocycles. The first kappa shape index (κ1) is 23.5. The van der Waals surface area contributed by atoms with E-state index < -0.39 is 0 Å². The van der Waals surface area contributed by atoms with Crippen molar-refractivity contribution in [2.24, 2.45) is 4.99 Å². The molecular formula is C24H33IN6. The van der Waals surface area contributed by atoms with Gasteiger partial charge in [-0.3, -0.25) is 9.89 Å². The molecule has 166 valence electrons. The number of likely N-dealkylation sites (tertiary alicyclic amines) is 1. The Hall–Kier alpha value is -2.13. The van der Waals surface area contributed by atoms with Gasteiger partial charge in [-0.05, 0) is 50.6 Å². The highest BCUT2D eigenvalue weighted by Gasteiger charge is 2.23. The molecule has 2 heterocycles. The Kier molecular flexibility index (Phi) is 9.14. The van der Waals surface area contributed by atoms with Crippen molar-refractivity contribution in [2.45, 2.75) is 32.2 Å². The third-order valence-electron chi connectivity index (χ3n) is 5.63. The van der Waals surface area contributed by atoms with Gasteiger partial charge in [-0.1, -0.05) is 42.5 Å². The van der Waals surface area contributed by atoms with E-state index in [0.29, 0.717) is 6.04 Å². The summed E-state index contributed by atoms with van der Waals surface area (Å²) in [4.78, 5) is 15.5. The summed E-state index contributed by atoms with van der Waals surface area (Å²) in [5, 5.41) is 6.85. The van der Waals surface area contributed by atoms with E-state index in [1.807, 2.05) is 18.2 Å². The molecule has 1 aliphatic rings. The van der Waals surface area contributed by atoms with E-state index in [4.69, 9.17) is 4.99 Å². The van der Waals surface area contributed by atoms with E-state index in [2.05, 4.69) is 68.8 Å². The molecule has 1 aromatic heterocycles. The van der Waals surface area contributed by atoms with Gasteiger partial charge in [-0.2, -0.15) is 0 Å². The maximum absolute atomic E-state index is 4.93. The minimum absolute atomic E-state index is 0. The fourth-order valence-electron chi connectivity index (χ4n) is 4.10. The Bertz CT molecular complexity index is 916. The molecule has 6 nitrogen and oxygen atoms in total. The molecule has 0 radical (unpaired) electrons. The van der Waals surface area contributed by atoms with Crippen molar-refractivity contribution in [3.05, 3.63) is 66.0 Å². The summed E-state index contributed by atoms with van der Waals surface area (Å²) in [5.41, 5.74) is 3.45. The number of nitrogens with one attached hydrogen (secondary N) is 3. The third-order valence-corrected chi connectivity index (χ3v) is 5.63. The number of fused-ring (bicyclic) bond motifs is 1. The SMILES string of the molecule is CCNC(=NCC(c1ccccc1)N1CCCC1)NCCc1nc2ccccc2[nH]1.I. The highest BCUT2D eigenvalue weighted by atomic mass is 127. The van der Waals surface area contributed by atoms with Crippen LogP contribution < -0.4 is 10.6 Å². The standard InChI is InChI=1S/C24H32N6.HI/c1-2-25-24(26-15-14-23-28-20-12-6-7-13-21(20)29-23)27-18-22(30-16-8-9-17-30)19-10-4-3-5-11-19;/h3-7,10-13,22H,2,8-9,14-18H2,1H3,(H,28,29)(H2,25,26,27);1H. The predicted octanol–water partition coefficient (Wildman–Crippen LogP) is 4.12. The monoisotopic (exact) mass is 532 g/mol. The molecule has 0 bridgehead atoms. The second kappa shape index (κ2) is 12.0. The summed E-state index contributed by atoms with van der Waals surface area (Å²) in [7, 11) is 0. The van der Waals surface area contributed by atoms with Crippen LogP contribution in [0, 0.1) is 0 Å². The molecule has 1 saturated heterocycles. The zero-order valence-corrected chi connectivity index (χ0v) is 20.5. The number of hydrogen-bond acceptors (Lipinski definition) is 3. The molecule has 0 saturated carbocycles. The van der Waals surface area contributed by atoms with Crippen molar-refractivity contribution in [1.82, 2.24) is 25.5 Å². The lowest BCUT2D eigenvalue weighted by atomic mass is 10.1. The molecule has 31 heavy (non-hydrogen) atoms. The smallest absolute Gasteiger partial charge is 0.191 e. The molecule has 3 N–H and O–H groups in total. The predicted molar refractivity (Wildman–Crippen MR) is 139 cm³/mol. The Balaban J connectivity index is 0.00000272. The minimum Gasteiger partial charge on any atom is -0.357 e. The van der Waals surface area contributed by atoms with Crippen molar-refractivity contribution in [2.75, 3.05) is 32.7 Å². The van der Waals surface area contributed by atoms with Crippen molar-refractivity contribution < 1.29 is 0 Å². The summed E-state index contributed by atoms with van der Waals surface area (Å²) in [5.74, 6) is 1.87. The Morgan fingerprint density at radius 2 is 1.81 bits per heavy atom. The average Bonchev–Trinajstić information content (AvgIpc) is 3.44. The van der Waals surface area contributed by atoms with Crippen LogP contribution in [0.15, 0.2) is 59.6 Å². The third kappa shape index (κ3) is 6.43. The van der Waals surface area contributed by atoms with Crippen LogP contribution >= 0.6 is 24.0 Å². The van der Waals surface area contributed by atoms with Crippen LogP contribution in [0.25, 0.3) is 11.0 Å². The molecule has 1 fully saturated rings. The quantitative estimate of drug-likeness (QED) is 0.232. The highest BCUT2D eigenvalue weighted by Crippen LogP contribution is 2.25. The van der Waals surface area contributed by atoms with E-state index in [9.17, 15) is 0 Å². The van der Waals surface area contributed by atoms with E-state index in [1.54, 1.807) is 0 Å². The summed E-state index contributed by atoms with van der Waals surface area (Å²) >= 11 is 0. The summed E-state index contributed by atoms with van der Waals surface area (Å²) < 4.78 is 0. The zero-order valence-electron chi connectivity index (χ0n) is 18.2. The second-order valence-corrected chi connectivity index (χ2v) is 7.77. The van der Waals surface area contributed by atoms with E-state index >= 15 is 0 Å². The van der Waals surface area contributed by atoms with Gasteiger partial charge in [0.25, 0.3) is 0 Å². The second-order valence-electron chi connectivity index (χ2n) is 7.77. The van der Waals surface area contributed by atoms with Crippen molar-refractivity contribution in [3.8, 4) is 0 Å². The maximum Gasteiger partial charge on any atom is 0.191 e. The lowest BCUT2D eigenvalue weighted by molar-refractivity contribution is 0.251. The number of nitrogens with zero attached hydrogens (tertiary/aromatic N) is 3. The van der Waals surface area contributed by atoms with Crippen LogP contribution in [0.5, 0.6) is 0 Å². The van der Waals surface area contributed by atoms with Crippen LogP contribution in [0.3, 0.4) is 0 Å². The van der Waals surface area contributed by atoms with E-state index in [0.717, 1.165) is 62.0 Å². The Labute approximate surface area is 202 Å². The normalized spacial score (nSPS) is 15.6. The van der Waals surface area contributed by atoms with Crippen molar-refractivity contribution >= 4 is 41.0 Å². The van der Waals surface area contributed by atoms with Gasteiger partial charge >= 0.3 is 0 Å². The van der Waals surface area contributed by atoms with Crippen LogP contribution in [0.4, 0.5) is 0 Å². The molecule has 7 heteroatoms. The maximum atomic E-state index is 4.93. The van der Waals surface area contributed by atoms with Crippen LogP contribution in [0.1, 0.15) is 37.2 Å². The summed E-state index contributed by atoms with van der Waals surface area (Å²) in [6.07, 6.45) is 3.39. The molecular weight excluding hydrogens is 499 g/mol. The van der Waals surface area contributed by atoms with Gasteiger partial charge in [-0.15, -0.1) is 24.0 Å². The van der Waals surface area contributed by atoms with Crippen molar-refractivity contribution in [3.63, 3.8) is 0 Å². The average molecular weight is 532 g/mol. The van der Waals surface area contributed by atoms with Crippen molar-refractivity contribution in [1.29, 1.82) is 0 Å². The Morgan fingerprint density at radius 3 is 2.55 bits per heavy atom. The van der Waals surface area contributed by atoms with Crippen LogP contribution in [-0.4, -0.2) is 53.6 Å². The molecule has 4 rings (SSSR count). The van der Waals surface area contributed by atoms with Crippen LogP contribution in [0.2, 0.25) is 0 Å². The van der Waals surface area contributed by atoms with E-state index in [1.165, 1.54) is 18.4 Å². The van der Waals surface area contributed by atoms with Gasteiger partial charge in [0.1, 0.15) is 5.82 Å². The molecule has 1 atom stereocenters. The number of para-hydroxylation sites is 2. The fourth-order valence-corrected chi connectivity index (χ4v) is 4.10. The topological polar surface area (TPSA) is 68.3 Å². The molecule has 1 unspecified atom stereocenters. The molecule has 0 spiro atoms. The number of aromatic nitrogens is 2. The van der Waals surface area contributed by atoms with Gasteiger partial charge in [-0.25, -0.2) is 4.98 Å². The zero-order chi connectivity index (χ0) is 20.6. The van der Waals surface area contributed by atoms with Gasteiger partial charge in [0.15, 0.2) is 5.96 Å². The number of H-pyrrole nitrogens is 1. The number of hydrogen-bond donors (Lipinski definition) is 3. The summed E-state index contributed by atoms with van der Waals surface area (Å²) in [6.45, 7) is 6.80. The first-order valence-corrected chi connectivity index (χ1v) is 11.1. The molecule has 3 aromatic rings. The number of aromatic amines is 1. The number of guanidine groups is 1. The first-order valence-electron chi connectivity index (χ1n) is 11.1. The lowest BCUT2D eigenvalue weighted by Crippen LogP contribution is -2.39. The van der Waals surface area contributed by atoms with Gasteiger partial charge < -0.3 is 15.6 Å². The molecule has 2 aromatic carbocycles. The summed E-state index contributed by atoms with van der Waals surface area (Å²) in [6, 6.07) is 19.3. The largest absolute Gasteiger partial charge is 0.357 e. The van der Waals surface area contributed by atoms with E-state index in [-0.39, 0.29) is 24.0 Å². The number of halogens is 1. The Morgan fingerprint density at radius 1 is 1.06 bits per heavy atom. The molecule has 1 aliphatic heterocycles. The van der Waals surface area contributed by atoms with Crippen LogP contribution in [-0.2, 0) is 6.42 Å². The highest BCUT2D eigenvalue weighted by molar-refractivity contribution is 14.0. The fraction of sp³-hybridized carbons (Fsp3) is 0.417. The number of benzene rings is 2. The molecule has 0 amide bonds. The minimum atomic E-state index is 0. The number of imidazole rings is 1. The van der Waals surface area contributed by atoms with Gasteiger partial charge in [0, 0.05) is 19.5 Å². The lowest BCUT2D eigenvalue weighted by Gasteiger charge is -2.27. The van der Waals surface area contributed by atoms with Gasteiger partial charge in [0.05, 0.1) is 23.6 Å².